The van der Waals surface area contributed by atoms with Crippen LogP contribution in [-0.2, 0) is 0 Å². The lowest BCUT2D eigenvalue weighted by molar-refractivity contribution is 0.0914. The molecule has 4 heteroatoms. The van der Waals surface area contributed by atoms with Gasteiger partial charge >= 0.3 is 0 Å². The highest BCUT2D eigenvalue weighted by molar-refractivity contribution is 5.93. The summed E-state index contributed by atoms with van der Waals surface area (Å²) in [6, 6.07) is 4.70. The molecule has 2 heterocycles. The summed E-state index contributed by atoms with van der Waals surface area (Å²) in [4.78, 5) is 12.6. The van der Waals surface area contributed by atoms with Gasteiger partial charge in [0.15, 0.2) is 0 Å². The van der Waals surface area contributed by atoms with Crippen LogP contribution < -0.4 is 10.6 Å². The summed E-state index contributed by atoms with van der Waals surface area (Å²) >= 11 is 0. The summed E-state index contributed by atoms with van der Waals surface area (Å²) in [7, 11) is 0. The number of carbonyl (C=O) groups is 1. The SMILES string of the molecule is C[C@@H](NC(=O)c1cccn1C1CCNCC1)C1CCCC1. The maximum Gasteiger partial charge on any atom is 0.268 e. The summed E-state index contributed by atoms with van der Waals surface area (Å²) in [6.07, 6.45) is 9.42. The molecular weight excluding hydrogens is 262 g/mol. The van der Waals surface area contributed by atoms with Crippen LogP contribution >= 0.6 is 0 Å². The van der Waals surface area contributed by atoms with E-state index in [1.165, 1.54) is 25.7 Å². The van der Waals surface area contributed by atoms with Gasteiger partial charge in [-0.15, -0.1) is 0 Å². The quantitative estimate of drug-likeness (QED) is 0.895. The normalized spacial score (nSPS) is 22.3. The van der Waals surface area contributed by atoms with Gasteiger partial charge in [-0.25, -0.2) is 0 Å². The van der Waals surface area contributed by atoms with Crippen LogP contribution in [0.3, 0.4) is 0 Å². The van der Waals surface area contributed by atoms with E-state index in [0.29, 0.717) is 12.0 Å². The Morgan fingerprint density at radius 2 is 2.00 bits per heavy atom. The maximum absolute atomic E-state index is 12.6. The van der Waals surface area contributed by atoms with E-state index in [-0.39, 0.29) is 11.9 Å². The van der Waals surface area contributed by atoms with Crippen molar-refractivity contribution >= 4 is 5.91 Å². The molecule has 1 aromatic heterocycles. The van der Waals surface area contributed by atoms with Gasteiger partial charge in [0.05, 0.1) is 0 Å². The Hall–Kier alpha value is -1.29. The molecule has 2 aliphatic rings. The Morgan fingerprint density at radius 3 is 2.71 bits per heavy atom. The average Bonchev–Trinajstić information content (AvgIpc) is 3.19. The van der Waals surface area contributed by atoms with E-state index in [0.717, 1.165) is 31.6 Å². The molecule has 116 valence electrons. The zero-order chi connectivity index (χ0) is 14.7. The number of carbonyl (C=O) groups excluding carboxylic acids is 1. The van der Waals surface area contributed by atoms with Crippen LogP contribution in [0, 0.1) is 5.92 Å². The van der Waals surface area contributed by atoms with Gasteiger partial charge in [0.2, 0.25) is 0 Å². The van der Waals surface area contributed by atoms with Gasteiger partial charge in [-0.2, -0.15) is 0 Å². The predicted molar refractivity (Wildman–Crippen MR) is 84.5 cm³/mol. The molecule has 1 aliphatic carbocycles. The monoisotopic (exact) mass is 289 g/mol. The first-order valence-corrected chi connectivity index (χ1v) is 8.44. The molecule has 0 aromatic carbocycles. The Balaban J connectivity index is 1.65. The van der Waals surface area contributed by atoms with Gasteiger partial charge in [-0.05, 0) is 63.7 Å². The standard InChI is InChI=1S/C17H27N3O/c1-13(14-5-2-3-6-14)19-17(21)16-7-4-12-20(16)15-8-10-18-11-9-15/h4,7,12-15,18H,2-3,5-6,8-11H2,1H3,(H,19,21)/t13-/m1/s1. The third-order valence-corrected chi connectivity index (χ3v) is 5.18. The van der Waals surface area contributed by atoms with E-state index in [1.807, 2.05) is 12.1 Å². The minimum absolute atomic E-state index is 0.0953. The van der Waals surface area contributed by atoms with E-state index in [1.54, 1.807) is 0 Å². The number of rotatable bonds is 4. The third kappa shape index (κ3) is 3.31. The van der Waals surface area contributed by atoms with Gasteiger partial charge in [-0.1, -0.05) is 12.8 Å². The van der Waals surface area contributed by atoms with Crippen LogP contribution in [0.2, 0.25) is 0 Å². The largest absolute Gasteiger partial charge is 0.348 e. The molecule has 1 aromatic rings. The van der Waals surface area contributed by atoms with Crippen LogP contribution in [0.1, 0.15) is 62.0 Å². The first-order valence-electron chi connectivity index (χ1n) is 8.44. The van der Waals surface area contributed by atoms with Crippen molar-refractivity contribution in [3.63, 3.8) is 0 Å². The van der Waals surface area contributed by atoms with Crippen LogP contribution in [0.4, 0.5) is 0 Å². The van der Waals surface area contributed by atoms with E-state index in [2.05, 4.69) is 28.3 Å². The average molecular weight is 289 g/mol. The van der Waals surface area contributed by atoms with Crippen molar-refractivity contribution in [3.05, 3.63) is 24.0 Å². The number of amides is 1. The van der Waals surface area contributed by atoms with Gasteiger partial charge in [-0.3, -0.25) is 4.79 Å². The van der Waals surface area contributed by atoms with Crippen molar-refractivity contribution < 1.29 is 4.79 Å². The molecule has 1 saturated heterocycles. The fourth-order valence-electron chi connectivity index (χ4n) is 3.85. The molecule has 4 nitrogen and oxygen atoms in total. The number of hydrogen-bond donors (Lipinski definition) is 2. The molecule has 1 amide bonds. The highest BCUT2D eigenvalue weighted by Gasteiger charge is 2.25. The molecule has 1 atom stereocenters. The van der Waals surface area contributed by atoms with Crippen LogP contribution in [0.25, 0.3) is 0 Å². The number of nitrogens with one attached hydrogen (secondary N) is 2. The van der Waals surface area contributed by atoms with Crippen molar-refractivity contribution in [3.8, 4) is 0 Å². The van der Waals surface area contributed by atoms with E-state index in [4.69, 9.17) is 0 Å². The van der Waals surface area contributed by atoms with Gasteiger partial charge in [0, 0.05) is 18.3 Å². The molecule has 3 rings (SSSR count). The zero-order valence-corrected chi connectivity index (χ0v) is 13.0. The fraction of sp³-hybridized carbons (Fsp3) is 0.706. The molecule has 0 unspecified atom stereocenters. The van der Waals surface area contributed by atoms with Crippen molar-refractivity contribution in [2.45, 2.75) is 57.5 Å². The number of aromatic nitrogens is 1. The summed E-state index contributed by atoms with van der Waals surface area (Å²) < 4.78 is 2.18. The molecule has 0 spiro atoms. The Bertz CT molecular complexity index is 470. The lowest BCUT2D eigenvalue weighted by Gasteiger charge is -2.27. The third-order valence-electron chi connectivity index (χ3n) is 5.18. The Labute approximate surface area is 127 Å². The van der Waals surface area contributed by atoms with Crippen LogP contribution in [0.5, 0.6) is 0 Å². The first-order chi connectivity index (χ1) is 10.3. The fourth-order valence-corrected chi connectivity index (χ4v) is 3.85. The number of hydrogen-bond acceptors (Lipinski definition) is 2. The van der Waals surface area contributed by atoms with Gasteiger partial charge in [0.25, 0.3) is 5.91 Å². The van der Waals surface area contributed by atoms with E-state index >= 15 is 0 Å². The maximum atomic E-state index is 12.6. The molecule has 1 saturated carbocycles. The summed E-state index contributed by atoms with van der Waals surface area (Å²) in [5.74, 6) is 0.758. The molecular formula is C17H27N3O. The molecule has 2 fully saturated rings. The van der Waals surface area contributed by atoms with Gasteiger partial charge < -0.3 is 15.2 Å². The second-order valence-electron chi connectivity index (χ2n) is 6.59. The first kappa shape index (κ1) is 14.6. The summed E-state index contributed by atoms with van der Waals surface area (Å²) in [6.45, 7) is 4.25. The second kappa shape index (κ2) is 6.65. The molecule has 1 aliphatic heterocycles. The van der Waals surface area contributed by atoms with Crippen LogP contribution in [0.15, 0.2) is 18.3 Å². The lowest BCUT2D eigenvalue weighted by atomic mass is 10.00. The predicted octanol–water partition coefficient (Wildman–Crippen LogP) is 2.72. The summed E-state index contributed by atoms with van der Waals surface area (Å²) in [5, 5.41) is 6.61. The molecule has 0 bridgehead atoms. The molecule has 21 heavy (non-hydrogen) atoms. The summed E-state index contributed by atoms with van der Waals surface area (Å²) in [5.41, 5.74) is 0.826. The van der Waals surface area contributed by atoms with Crippen molar-refractivity contribution in [1.82, 2.24) is 15.2 Å². The highest BCUT2D eigenvalue weighted by Crippen LogP contribution is 2.28. The van der Waals surface area contributed by atoms with E-state index < -0.39 is 0 Å². The topological polar surface area (TPSA) is 46.1 Å². The zero-order valence-electron chi connectivity index (χ0n) is 13.0. The Morgan fingerprint density at radius 1 is 1.29 bits per heavy atom. The lowest BCUT2D eigenvalue weighted by Crippen LogP contribution is -2.39. The van der Waals surface area contributed by atoms with Crippen molar-refractivity contribution in [2.75, 3.05) is 13.1 Å². The minimum Gasteiger partial charge on any atom is -0.348 e. The highest BCUT2D eigenvalue weighted by atomic mass is 16.2. The van der Waals surface area contributed by atoms with Gasteiger partial charge in [0.1, 0.15) is 5.69 Å². The second-order valence-corrected chi connectivity index (χ2v) is 6.59. The van der Waals surface area contributed by atoms with Crippen molar-refractivity contribution in [1.29, 1.82) is 0 Å². The minimum atomic E-state index is 0.0953. The smallest absolute Gasteiger partial charge is 0.268 e. The van der Waals surface area contributed by atoms with Crippen molar-refractivity contribution in [2.24, 2.45) is 5.92 Å². The van der Waals surface area contributed by atoms with E-state index in [9.17, 15) is 4.79 Å². The number of nitrogens with zero attached hydrogens (tertiary/aromatic N) is 1. The van der Waals surface area contributed by atoms with Crippen LogP contribution in [-0.4, -0.2) is 29.6 Å². The number of piperidine rings is 1. The Kier molecular flexibility index (Phi) is 4.63. The molecule has 0 radical (unpaired) electrons. The molecule has 2 N–H and O–H groups in total.